The molecule has 0 atom stereocenters. The van der Waals surface area contributed by atoms with Crippen LogP contribution in [0.25, 0.3) is 10.8 Å². The number of nitrogens with two attached hydrogens (primary N) is 1. The SMILES string of the molecule is COc1ccc2cc(CNS(N)(=O)=O)ccc2c1. The molecule has 18 heavy (non-hydrogen) atoms. The quantitative estimate of drug-likeness (QED) is 0.870. The molecule has 0 aliphatic heterocycles. The van der Waals surface area contributed by atoms with Crippen molar-refractivity contribution in [3.63, 3.8) is 0 Å². The highest BCUT2D eigenvalue weighted by atomic mass is 32.2. The molecular weight excluding hydrogens is 252 g/mol. The summed E-state index contributed by atoms with van der Waals surface area (Å²) in [5.74, 6) is 0.790. The second-order valence-corrected chi connectivity index (χ2v) is 5.29. The summed E-state index contributed by atoms with van der Waals surface area (Å²) in [6.07, 6.45) is 0. The van der Waals surface area contributed by atoms with Gasteiger partial charge in [0.1, 0.15) is 5.75 Å². The average molecular weight is 266 g/mol. The molecule has 0 aliphatic carbocycles. The smallest absolute Gasteiger partial charge is 0.274 e. The van der Waals surface area contributed by atoms with Gasteiger partial charge in [0.2, 0.25) is 0 Å². The standard InChI is InChI=1S/C12H14N2O3S/c1-17-12-5-4-10-6-9(2-3-11(10)7-12)8-14-18(13,15)16/h2-7,14H,8H2,1H3,(H2,13,15,16). The Morgan fingerprint density at radius 1 is 1.17 bits per heavy atom. The highest BCUT2D eigenvalue weighted by Gasteiger charge is 2.03. The first-order chi connectivity index (χ1) is 8.48. The molecule has 6 heteroatoms. The minimum Gasteiger partial charge on any atom is -0.497 e. The Kier molecular flexibility index (Phi) is 3.51. The number of hydrogen-bond acceptors (Lipinski definition) is 3. The molecule has 0 radical (unpaired) electrons. The number of benzene rings is 2. The predicted molar refractivity (Wildman–Crippen MR) is 70.4 cm³/mol. The number of ether oxygens (including phenoxy) is 1. The van der Waals surface area contributed by atoms with Crippen LogP contribution in [0.15, 0.2) is 36.4 Å². The van der Waals surface area contributed by atoms with Crippen molar-refractivity contribution in [3.8, 4) is 5.75 Å². The van der Waals surface area contributed by atoms with Gasteiger partial charge in [0.15, 0.2) is 0 Å². The predicted octanol–water partition coefficient (Wildman–Crippen LogP) is 1.14. The van der Waals surface area contributed by atoms with E-state index in [0.717, 1.165) is 22.1 Å². The topological polar surface area (TPSA) is 81.4 Å². The van der Waals surface area contributed by atoms with Crippen LogP contribution < -0.4 is 14.6 Å². The number of nitrogens with one attached hydrogen (secondary N) is 1. The Bertz CT molecular complexity index is 668. The van der Waals surface area contributed by atoms with Gasteiger partial charge in [-0.1, -0.05) is 18.2 Å². The minimum absolute atomic E-state index is 0.181. The summed E-state index contributed by atoms with van der Waals surface area (Å²) in [7, 11) is -2.04. The maximum atomic E-state index is 10.8. The van der Waals surface area contributed by atoms with Crippen LogP contribution in [0, 0.1) is 0 Å². The fourth-order valence-corrected chi connectivity index (χ4v) is 2.06. The Hall–Kier alpha value is -1.63. The van der Waals surface area contributed by atoms with E-state index in [1.54, 1.807) is 7.11 Å². The Balaban J connectivity index is 2.28. The van der Waals surface area contributed by atoms with Crippen LogP contribution in [0.3, 0.4) is 0 Å². The van der Waals surface area contributed by atoms with Crippen molar-refractivity contribution in [1.82, 2.24) is 4.72 Å². The van der Waals surface area contributed by atoms with Crippen LogP contribution in [0.5, 0.6) is 5.75 Å². The largest absolute Gasteiger partial charge is 0.497 e. The van der Waals surface area contributed by atoms with E-state index >= 15 is 0 Å². The van der Waals surface area contributed by atoms with Gasteiger partial charge in [-0.15, -0.1) is 0 Å². The van der Waals surface area contributed by atoms with E-state index in [2.05, 4.69) is 4.72 Å². The molecule has 3 N–H and O–H groups in total. The normalized spacial score (nSPS) is 11.7. The van der Waals surface area contributed by atoms with Crippen LogP contribution >= 0.6 is 0 Å². The first-order valence-electron chi connectivity index (χ1n) is 5.32. The van der Waals surface area contributed by atoms with Gasteiger partial charge < -0.3 is 4.74 Å². The van der Waals surface area contributed by atoms with Crippen molar-refractivity contribution < 1.29 is 13.2 Å². The lowest BCUT2D eigenvalue weighted by atomic mass is 10.1. The van der Waals surface area contributed by atoms with E-state index in [9.17, 15) is 8.42 Å². The molecule has 0 bridgehead atoms. The molecule has 2 aromatic rings. The molecule has 0 fully saturated rings. The van der Waals surface area contributed by atoms with Gasteiger partial charge in [-0.3, -0.25) is 0 Å². The third-order valence-electron chi connectivity index (χ3n) is 2.59. The lowest BCUT2D eigenvalue weighted by molar-refractivity contribution is 0.415. The third kappa shape index (κ3) is 3.19. The Labute approximate surface area is 106 Å². The van der Waals surface area contributed by atoms with Crippen LogP contribution in [0.4, 0.5) is 0 Å². The van der Waals surface area contributed by atoms with Crippen LogP contribution in [0.2, 0.25) is 0 Å². The van der Waals surface area contributed by atoms with Gasteiger partial charge in [-0.2, -0.15) is 13.1 Å². The molecule has 2 aromatic carbocycles. The van der Waals surface area contributed by atoms with E-state index in [4.69, 9.17) is 9.88 Å². The monoisotopic (exact) mass is 266 g/mol. The van der Waals surface area contributed by atoms with Crippen molar-refractivity contribution >= 4 is 21.0 Å². The maximum absolute atomic E-state index is 10.8. The summed E-state index contributed by atoms with van der Waals surface area (Å²) in [4.78, 5) is 0. The molecule has 0 saturated heterocycles. The Morgan fingerprint density at radius 3 is 2.50 bits per heavy atom. The molecule has 0 saturated carbocycles. The van der Waals surface area contributed by atoms with Gasteiger partial charge in [0.25, 0.3) is 10.2 Å². The fraction of sp³-hybridized carbons (Fsp3) is 0.167. The van der Waals surface area contributed by atoms with Crippen molar-refractivity contribution in [2.45, 2.75) is 6.54 Å². The van der Waals surface area contributed by atoms with E-state index in [0.29, 0.717) is 0 Å². The first kappa shape index (κ1) is 12.8. The number of methoxy groups -OCH3 is 1. The molecule has 0 amide bonds. The fourth-order valence-electron chi connectivity index (χ4n) is 1.69. The summed E-state index contributed by atoms with van der Waals surface area (Å²) in [6, 6.07) is 11.4. The summed E-state index contributed by atoms with van der Waals surface area (Å²) in [5.41, 5.74) is 0.849. The van der Waals surface area contributed by atoms with E-state index in [1.165, 1.54) is 0 Å². The third-order valence-corrected chi connectivity index (χ3v) is 3.14. The number of hydrogen-bond donors (Lipinski definition) is 2. The molecule has 96 valence electrons. The summed E-state index contributed by atoms with van der Waals surface area (Å²) in [5, 5.41) is 6.93. The average Bonchev–Trinajstić information content (AvgIpc) is 2.34. The van der Waals surface area contributed by atoms with Crippen LogP contribution in [0.1, 0.15) is 5.56 Å². The lowest BCUT2D eigenvalue weighted by Crippen LogP contribution is -2.30. The molecule has 0 unspecified atom stereocenters. The van der Waals surface area contributed by atoms with Gasteiger partial charge in [0, 0.05) is 6.54 Å². The van der Waals surface area contributed by atoms with Crippen molar-refractivity contribution in [2.75, 3.05) is 7.11 Å². The van der Waals surface area contributed by atoms with Crippen molar-refractivity contribution in [3.05, 3.63) is 42.0 Å². The van der Waals surface area contributed by atoms with Gasteiger partial charge in [-0.05, 0) is 34.5 Å². The second kappa shape index (κ2) is 4.93. The summed E-state index contributed by atoms with van der Waals surface area (Å²) >= 11 is 0. The molecule has 2 rings (SSSR count). The zero-order valence-electron chi connectivity index (χ0n) is 9.88. The minimum atomic E-state index is -3.66. The highest BCUT2D eigenvalue weighted by Crippen LogP contribution is 2.21. The van der Waals surface area contributed by atoms with Crippen LogP contribution in [-0.2, 0) is 16.8 Å². The molecule has 0 aliphatic rings. The van der Waals surface area contributed by atoms with E-state index < -0.39 is 10.2 Å². The second-order valence-electron chi connectivity index (χ2n) is 3.91. The van der Waals surface area contributed by atoms with Gasteiger partial charge in [0.05, 0.1) is 7.11 Å². The molecule has 5 nitrogen and oxygen atoms in total. The summed E-state index contributed by atoms with van der Waals surface area (Å²) < 4.78 is 29.0. The number of rotatable bonds is 4. The maximum Gasteiger partial charge on any atom is 0.274 e. The van der Waals surface area contributed by atoms with E-state index in [-0.39, 0.29) is 6.54 Å². The number of fused-ring (bicyclic) bond motifs is 1. The molecular formula is C12H14N2O3S. The van der Waals surface area contributed by atoms with Gasteiger partial charge in [-0.25, -0.2) is 5.14 Å². The zero-order chi connectivity index (χ0) is 13.2. The first-order valence-corrected chi connectivity index (χ1v) is 6.87. The van der Waals surface area contributed by atoms with Crippen molar-refractivity contribution in [2.24, 2.45) is 5.14 Å². The Morgan fingerprint density at radius 2 is 1.83 bits per heavy atom. The highest BCUT2D eigenvalue weighted by molar-refractivity contribution is 7.87. The lowest BCUT2D eigenvalue weighted by Gasteiger charge is -2.06. The van der Waals surface area contributed by atoms with Crippen LogP contribution in [-0.4, -0.2) is 15.5 Å². The summed E-state index contributed by atoms with van der Waals surface area (Å²) in [6.45, 7) is 0.181. The van der Waals surface area contributed by atoms with Crippen molar-refractivity contribution in [1.29, 1.82) is 0 Å². The molecule has 0 spiro atoms. The molecule has 0 aromatic heterocycles. The zero-order valence-corrected chi connectivity index (χ0v) is 10.7. The van der Waals surface area contributed by atoms with Gasteiger partial charge >= 0.3 is 0 Å². The van der Waals surface area contributed by atoms with E-state index in [1.807, 2.05) is 36.4 Å². The molecule has 0 heterocycles.